The molecule has 2 aliphatic rings. The summed E-state index contributed by atoms with van der Waals surface area (Å²) in [4.78, 5) is 46.0. The van der Waals surface area contributed by atoms with Gasteiger partial charge in [-0.1, -0.05) is 92.4 Å². The predicted octanol–water partition coefficient (Wildman–Crippen LogP) is 4.91. The zero-order chi connectivity index (χ0) is 28.3. The highest BCUT2D eigenvalue weighted by molar-refractivity contribution is 5.92. The molecule has 0 aliphatic carbocycles. The van der Waals surface area contributed by atoms with Crippen molar-refractivity contribution in [1.29, 1.82) is 0 Å². The second-order valence-corrected chi connectivity index (χ2v) is 10.6. The highest BCUT2D eigenvalue weighted by Gasteiger charge is 2.48. The highest BCUT2D eigenvalue weighted by Crippen LogP contribution is 2.30. The van der Waals surface area contributed by atoms with E-state index in [4.69, 9.17) is 0 Å². The summed E-state index contributed by atoms with van der Waals surface area (Å²) in [5, 5.41) is 14.9. The van der Waals surface area contributed by atoms with Crippen molar-refractivity contribution in [1.82, 2.24) is 20.0 Å². The van der Waals surface area contributed by atoms with Gasteiger partial charge < -0.3 is 25.1 Å². The maximum atomic E-state index is 14.1. The summed E-state index contributed by atoms with van der Waals surface area (Å²) >= 11 is 0. The minimum atomic E-state index is -0.773. The van der Waals surface area contributed by atoms with Crippen molar-refractivity contribution in [3.63, 3.8) is 0 Å². The third-order valence-electron chi connectivity index (χ3n) is 8.01. The number of hydrogen-bond donors (Lipinski definition) is 2. The molecule has 0 aromatic heterocycles. The van der Waals surface area contributed by atoms with Crippen LogP contribution >= 0.6 is 0 Å². The Hall–Kier alpha value is -4.85. The Balaban J connectivity index is 0.00000353. The number of phenolic OH excluding ortho intramolecular Hbond substituents is 1. The number of piperazine rings is 1. The van der Waals surface area contributed by atoms with Crippen LogP contribution in [0.4, 0.5) is 4.79 Å². The van der Waals surface area contributed by atoms with Crippen molar-refractivity contribution < 1.29 is 19.5 Å². The van der Waals surface area contributed by atoms with E-state index >= 15 is 0 Å². The van der Waals surface area contributed by atoms with Gasteiger partial charge in [0.1, 0.15) is 18.0 Å². The van der Waals surface area contributed by atoms with E-state index in [9.17, 15) is 19.5 Å². The molecule has 4 aromatic rings. The number of urea groups is 1. The molecule has 2 atom stereocenters. The van der Waals surface area contributed by atoms with Crippen LogP contribution in [0.3, 0.4) is 0 Å². The molecule has 8 heteroatoms. The normalized spacial score (nSPS) is 18.4. The third kappa shape index (κ3) is 5.79. The molecule has 0 saturated carbocycles. The Kier molecular flexibility index (Phi) is 8.43. The van der Waals surface area contributed by atoms with Crippen molar-refractivity contribution in [2.24, 2.45) is 0 Å². The van der Waals surface area contributed by atoms with Gasteiger partial charge in [-0.25, -0.2) is 4.79 Å². The van der Waals surface area contributed by atoms with Gasteiger partial charge in [0.25, 0.3) is 0 Å². The summed E-state index contributed by atoms with van der Waals surface area (Å²) in [6.45, 7) is 1.23. The topological polar surface area (TPSA) is 93.2 Å². The fourth-order valence-corrected chi connectivity index (χ4v) is 5.93. The first-order valence-corrected chi connectivity index (χ1v) is 13.9. The minimum Gasteiger partial charge on any atom is -0.508 e. The van der Waals surface area contributed by atoms with Crippen molar-refractivity contribution >= 4 is 28.6 Å². The van der Waals surface area contributed by atoms with Gasteiger partial charge in [0.15, 0.2) is 0 Å². The molecular formula is C34H36N4O4. The summed E-state index contributed by atoms with van der Waals surface area (Å²) in [6, 6.07) is 29.4. The van der Waals surface area contributed by atoms with Crippen LogP contribution in [0.5, 0.6) is 5.75 Å². The summed E-state index contributed by atoms with van der Waals surface area (Å²) in [7, 11) is 0. The largest absolute Gasteiger partial charge is 0.508 e. The summed E-state index contributed by atoms with van der Waals surface area (Å²) in [5.41, 5.74) is 2.81. The second-order valence-electron chi connectivity index (χ2n) is 10.6. The molecule has 0 radical (unpaired) electrons. The van der Waals surface area contributed by atoms with Gasteiger partial charge in [0.05, 0.1) is 6.54 Å². The van der Waals surface area contributed by atoms with E-state index in [1.807, 2.05) is 72.8 Å². The molecular weight excluding hydrogens is 528 g/mol. The van der Waals surface area contributed by atoms with Crippen LogP contribution in [0.15, 0.2) is 97.1 Å². The molecule has 2 N–H and O–H groups in total. The highest BCUT2D eigenvalue weighted by atomic mass is 16.3. The number of nitrogens with one attached hydrogen (secondary N) is 1. The molecule has 2 heterocycles. The lowest BCUT2D eigenvalue weighted by molar-refractivity contribution is -0.167. The average Bonchev–Trinajstić information content (AvgIpc) is 3.00. The van der Waals surface area contributed by atoms with Gasteiger partial charge in [0, 0.05) is 32.5 Å². The first kappa shape index (κ1) is 28.7. The molecule has 2 aliphatic heterocycles. The molecule has 4 amide bonds. The lowest BCUT2D eigenvalue weighted by Gasteiger charge is -2.52. The lowest BCUT2D eigenvalue weighted by atomic mass is 9.96. The van der Waals surface area contributed by atoms with Crippen LogP contribution in [0.2, 0.25) is 0 Å². The number of nitrogens with zero attached hydrogens (tertiary/aromatic N) is 3. The third-order valence-corrected chi connectivity index (χ3v) is 8.01. The smallest absolute Gasteiger partial charge is 0.319 e. The van der Waals surface area contributed by atoms with E-state index in [-0.39, 0.29) is 57.0 Å². The maximum Gasteiger partial charge on any atom is 0.319 e. The van der Waals surface area contributed by atoms with E-state index < -0.39 is 12.2 Å². The molecule has 0 spiro atoms. The molecule has 4 aromatic carbocycles. The predicted molar refractivity (Wildman–Crippen MR) is 162 cm³/mol. The molecule has 0 bridgehead atoms. The number of amides is 4. The van der Waals surface area contributed by atoms with Crippen LogP contribution in [-0.2, 0) is 29.1 Å². The molecule has 2 saturated heterocycles. The van der Waals surface area contributed by atoms with E-state index in [0.717, 1.165) is 27.5 Å². The number of hydrogen-bond acceptors (Lipinski definition) is 4. The first-order chi connectivity index (χ1) is 20.0. The fraction of sp³-hybridized carbons (Fsp3) is 0.265. The minimum absolute atomic E-state index is 0. The Bertz CT molecular complexity index is 1570. The number of benzene rings is 4. The van der Waals surface area contributed by atoms with Crippen LogP contribution in [0.25, 0.3) is 10.8 Å². The SMILES string of the molecule is C.O=C1[C@H](Cc2ccc(O)cc2)N2C(=O)CCN(C(=O)NCc3ccccc3)C2CN1Cc1cccc2ccccc12. The number of carbonyl (C=O) groups is 3. The Morgan fingerprint density at radius 3 is 2.36 bits per heavy atom. The molecule has 6 rings (SSSR count). The Labute approximate surface area is 246 Å². The molecule has 42 heavy (non-hydrogen) atoms. The summed E-state index contributed by atoms with van der Waals surface area (Å²) in [6.07, 6.45) is -0.160. The van der Waals surface area contributed by atoms with Crippen molar-refractivity contribution in [2.45, 2.75) is 45.6 Å². The van der Waals surface area contributed by atoms with Gasteiger partial charge in [-0.15, -0.1) is 0 Å². The van der Waals surface area contributed by atoms with Gasteiger partial charge in [-0.3, -0.25) is 9.59 Å². The quantitative estimate of drug-likeness (QED) is 0.348. The van der Waals surface area contributed by atoms with Crippen molar-refractivity contribution in [3.05, 3.63) is 114 Å². The van der Waals surface area contributed by atoms with Gasteiger partial charge in [0.2, 0.25) is 11.8 Å². The Morgan fingerprint density at radius 1 is 0.857 bits per heavy atom. The van der Waals surface area contributed by atoms with Gasteiger partial charge in [-0.05, 0) is 39.6 Å². The van der Waals surface area contributed by atoms with Crippen molar-refractivity contribution in [2.75, 3.05) is 13.1 Å². The number of fused-ring (bicyclic) bond motifs is 2. The van der Waals surface area contributed by atoms with E-state index in [0.29, 0.717) is 13.1 Å². The van der Waals surface area contributed by atoms with Gasteiger partial charge in [-0.2, -0.15) is 0 Å². The lowest BCUT2D eigenvalue weighted by Crippen LogP contribution is -2.72. The van der Waals surface area contributed by atoms with E-state index in [2.05, 4.69) is 5.32 Å². The number of aromatic hydroxyl groups is 1. The fourth-order valence-electron chi connectivity index (χ4n) is 5.93. The zero-order valence-electron chi connectivity index (χ0n) is 22.6. The summed E-state index contributed by atoms with van der Waals surface area (Å²) < 4.78 is 0. The zero-order valence-corrected chi connectivity index (χ0v) is 22.6. The van der Waals surface area contributed by atoms with Crippen LogP contribution < -0.4 is 5.32 Å². The standard InChI is InChI=1S/C33H32N4O4.CH4/c38-27-15-13-23(14-16-27)19-29-32(40)35(21-26-11-6-10-25-9-4-5-12-28(25)26)22-30-36(18-17-31(39)37(29)30)33(41)34-20-24-7-2-1-3-8-24;/h1-16,29-30,38H,17-22H2,(H,34,41);1H4/t29-,30?;/m0./s1. The van der Waals surface area contributed by atoms with Crippen LogP contribution in [0.1, 0.15) is 30.5 Å². The first-order valence-electron chi connectivity index (χ1n) is 13.9. The molecule has 216 valence electrons. The molecule has 2 fully saturated rings. The number of rotatable bonds is 6. The van der Waals surface area contributed by atoms with E-state index in [1.54, 1.807) is 39.0 Å². The van der Waals surface area contributed by atoms with Crippen molar-refractivity contribution in [3.8, 4) is 5.75 Å². The van der Waals surface area contributed by atoms with E-state index in [1.165, 1.54) is 0 Å². The average molecular weight is 565 g/mol. The number of phenols is 1. The summed E-state index contributed by atoms with van der Waals surface area (Å²) in [5.74, 6) is -0.152. The maximum absolute atomic E-state index is 14.1. The monoisotopic (exact) mass is 564 g/mol. The van der Waals surface area contributed by atoms with Crippen LogP contribution in [0, 0.1) is 0 Å². The Morgan fingerprint density at radius 2 is 1.57 bits per heavy atom. The van der Waals surface area contributed by atoms with Crippen LogP contribution in [-0.4, -0.2) is 62.9 Å². The van der Waals surface area contributed by atoms with Gasteiger partial charge >= 0.3 is 6.03 Å². The molecule has 8 nitrogen and oxygen atoms in total. The molecule has 1 unspecified atom stereocenters. The number of carbonyl (C=O) groups excluding carboxylic acids is 3. The second kappa shape index (κ2) is 12.3.